The van der Waals surface area contributed by atoms with Crippen LogP contribution in [0.4, 0.5) is 0 Å². The maximum atomic E-state index is 4.69. The first-order chi connectivity index (χ1) is 9.13. The van der Waals surface area contributed by atoms with E-state index in [0.29, 0.717) is 0 Å². The zero-order valence-corrected chi connectivity index (χ0v) is 12.3. The van der Waals surface area contributed by atoms with Gasteiger partial charge in [0.15, 0.2) is 0 Å². The van der Waals surface area contributed by atoms with E-state index in [4.69, 9.17) is 0 Å². The van der Waals surface area contributed by atoms with Gasteiger partial charge >= 0.3 is 0 Å². The van der Waals surface area contributed by atoms with Gasteiger partial charge in [0.2, 0.25) is 0 Å². The molecule has 0 unspecified atom stereocenters. The fourth-order valence-corrected chi connectivity index (χ4v) is 2.45. The van der Waals surface area contributed by atoms with Gasteiger partial charge in [-0.25, -0.2) is 0 Å². The van der Waals surface area contributed by atoms with Crippen molar-refractivity contribution in [3.05, 3.63) is 52.3 Å². The molecule has 0 fully saturated rings. The van der Waals surface area contributed by atoms with Crippen LogP contribution in [0.1, 0.15) is 28.1 Å². The Morgan fingerprint density at radius 3 is 2.58 bits per heavy atom. The van der Waals surface area contributed by atoms with Crippen LogP contribution in [-0.4, -0.2) is 23.4 Å². The zero-order valence-electron chi connectivity index (χ0n) is 12.3. The van der Waals surface area contributed by atoms with E-state index in [9.17, 15) is 0 Å². The highest BCUT2D eigenvalue weighted by Crippen LogP contribution is 2.16. The van der Waals surface area contributed by atoms with Crippen molar-refractivity contribution in [2.45, 2.75) is 33.7 Å². The average molecular weight is 257 g/mol. The van der Waals surface area contributed by atoms with Crippen LogP contribution in [0.5, 0.6) is 0 Å². The first-order valence-corrected chi connectivity index (χ1v) is 6.85. The average Bonchev–Trinajstić information content (AvgIpc) is 2.65. The predicted octanol–water partition coefficient (Wildman–Crippen LogP) is 2.62. The second-order valence-corrected chi connectivity index (χ2v) is 5.09. The first-order valence-electron chi connectivity index (χ1n) is 6.85. The highest BCUT2D eigenvalue weighted by Gasteiger charge is 2.11. The van der Waals surface area contributed by atoms with E-state index in [0.717, 1.165) is 25.2 Å². The summed E-state index contributed by atoms with van der Waals surface area (Å²) >= 11 is 0. The quantitative estimate of drug-likeness (QED) is 0.892. The zero-order chi connectivity index (χ0) is 13.8. The molecule has 0 radical (unpaired) electrons. The molecule has 102 valence electrons. The van der Waals surface area contributed by atoms with Gasteiger partial charge in [0.05, 0.1) is 12.2 Å². The van der Waals surface area contributed by atoms with Gasteiger partial charge in [-0.2, -0.15) is 5.10 Å². The number of likely N-dealkylation sites (N-methyl/N-ethyl adjacent to an activating group) is 1. The van der Waals surface area contributed by atoms with E-state index in [1.165, 1.54) is 22.4 Å². The maximum absolute atomic E-state index is 4.69. The predicted molar refractivity (Wildman–Crippen MR) is 79.6 cm³/mol. The number of hydrogen-bond acceptors (Lipinski definition) is 2. The van der Waals surface area contributed by atoms with Crippen LogP contribution in [-0.2, 0) is 13.0 Å². The van der Waals surface area contributed by atoms with Crippen LogP contribution in [0, 0.1) is 20.8 Å². The molecule has 0 atom stereocenters. The lowest BCUT2D eigenvalue weighted by molar-refractivity contribution is 0.655. The second-order valence-electron chi connectivity index (χ2n) is 5.09. The number of rotatable bonds is 5. The molecule has 0 saturated heterocycles. The molecule has 0 aliphatic rings. The largest absolute Gasteiger partial charge is 0.319 e. The van der Waals surface area contributed by atoms with Gasteiger partial charge < -0.3 is 5.32 Å². The van der Waals surface area contributed by atoms with E-state index >= 15 is 0 Å². The summed E-state index contributed by atoms with van der Waals surface area (Å²) in [5.74, 6) is 0. The molecule has 0 aliphatic carbocycles. The van der Waals surface area contributed by atoms with E-state index in [1.54, 1.807) is 0 Å². The van der Waals surface area contributed by atoms with Gasteiger partial charge in [-0.05, 0) is 57.5 Å². The van der Waals surface area contributed by atoms with Crippen LogP contribution >= 0.6 is 0 Å². The van der Waals surface area contributed by atoms with E-state index in [2.05, 4.69) is 60.1 Å². The third kappa shape index (κ3) is 3.04. The lowest BCUT2D eigenvalue weighted by Crippen LogP contribution is -2.11. The van der Waals surface area contributed by atoms with Crippen molar-refractivity contribution in [1.82, 2.24) is 15.1 Å². The molecule has 19 heavy (non-hydrogen) atoms. The molecular formula is C16H23N3. The number of aromatic nitrogens is 2. The Balaban J connectivity index is 2.24. The third-order valence-electron chi connectivity index (χ3n) is 3.74. The van der Waals surface area contributed by atoms with Gasteiger partial charge in [-0.3, -0.25) is 4.68 Å². The van der Waals surface area contributed by atoms with Crippen LogP contribution in [0.2, 0.25) is 0 Å². The molecule has 0 amide bonds. The summed E-state index contributed by atoms with van der Waals surface area (Å²) in [4.78, 5) is 0. The normalized spacial score (nSPS) is 10.9. The summed E-state index contributed by atoms with van der Waals surface area (Å²) < 4.78 is 2.13. The van der Waals surface area contributed by atoms with Gasteiger partial charge in [0, 0.05) is 5.69 Å². The fraction of sp³-hybridized carbons (Fsp3) is 0.438. The number of aryl methyl sites for hydroxylation is 2. The highest BCUT2D eigenvalue weighted by atomic mass is 15.3. The monoisotopic (exact) mass is 257 g/mol. The molecule has 1 aromatic heterocycles. The van der Waals surface area contributed by atoms with Crippen molar-refractivity contribution >= 4 is 0 Å². The molecule has 0 bridgehead atoms. The topological polar surface area (TPSA) is 29.9 Å². The Hall–Kier alpha value is -1.61. The van der Waals surface area contributed by atoms with Crippen molar-refractivity contribution in [3.63, 3.8) is 0 Å². The van der Waals surface area contributed by atoms with Crippen LogP contribution < -0.4 is 5.32 Å². The SMILES string of the molecule is CNCCc1c(C)nn(Cc2ccccc2C)c1C. The molecule has 2 rings (SSSR count). The Bertz CT molecular complexity index is 555. The van der Waals surface area contributed by atoms with E-state index in [1.807, 2.05) is 7.05 Å². The van der Waals surface area contributed by atoms with Crippen molar-refractivity contribution in [2.75, 3.05) is 13.6 Å². The molecule has 0 spiro atoms. The number of nitrogens with zero attached hydrogens (tertiary/aromatic N) is 2. The van der Waals surface area contributed by atoms with Crippen LogP contribution in [0.3, 0.4) is 0 Å². The molecule has 0 saturated carbocycles. The van der Waals surface area contributed by atoms with Crippen molar-refractivity contribution in [2.24, 2.45) is 0 Å². The molecule has 3 heteroatoms. The highest BCUT2D eigenvalue weighted by molar-refractivity contribution is 5.29. The lowest BCUT2D eigenvalue weighted by atomic mass is 10.1. The summed E-state index contributed by atoms with van der Waals surface area (Å²) in [5.41, 5.74) is 6.49. The van der Waals surface area contributed by atoms with E-state index < -0.39 is 0 Å². The summed E-state index contributed by atoms with van der Waals surface area (Å²) in [6.45, 7) is 8.29. The maximum Gasteiger partial charge on any atom is 0.0665 e. The second kappa shape index (κ2) is 6.02. The Kier molecular flexibility index (Phi) is 4.38. The third-order valence-corrected chi connectivity index (χ3v) is 3.74. The fourth-order valence-electron chi connectivity index (χ4n) is 2.45. The number of nitrogens with one attached hydrogen (secondary N) is 1. The summed E-state index contributed by atoms with van der Waals surface area (Å²) in [5, 5.41) is 7.89. The van der Waals surface area contributed by atoms with Crippen LogP contribution in [0.25, 0.3) is 0 Å². The molecule has 1 heterocycles. The summed E-state index contributed by atoms with van der Waals surface area (Å²) in [6.07, 6.45) is 1.04. The van der Waals surface area contributed by atoms with E-state index in [-0.39, 0.29) is 0 Å². The Morgan fingerprint density at radius 1 is 1.16 bits per heavy atom. The standard InChI is InChI=1S/C16H23N3/c1-12-7-5-6-8-15(12)11-19-14(3)16(9-10-17-4)13(2)18-19/h5-8,17H,9-11H2,1-4H3. The van der Waals surface area contributed by atoms with Crippen LogP contribution in [0.15, 0.2) is 24.3 Å². The summed E-state index contributed by atoms with van der Waals surface area (Å²) in [6, 6.07) is 8.51. The molecule has 2 aromatic rings. The number of hydrogen-bond donors (Lipinski definition) is 1. The van der Waals surface area contributed by atoms with Gasteiger partial charge in [0.1, 0.15) is 0 Å². The minimum atomic E-state index is 0.860. The van der Waals surface area contributed by atoms with Gasteiger partial charge in [0.25, 0.3) is 0 Å². The molecule has 3 nitrogen and oxygen atoms in total. The molecule has 1 N–H and O–H groups in total. The minimum absolute atomic E-state index is 0.860. The Morgan fingerprint density at radius 2 is 1.89 bits per heavy atom. The lowest BCUT2D eigenvalue weighted by Gasteiger charge is -2.08. The Labute approximate surface area is 115 Å². The van der Waals surface area contributed by atoms with Crippen molar-refractivity contribution < 1.29 is 0 Å². The minimum Gasteiger partial charge on any atom is -0.319 e. The van der Waals surface area contributed by atoms with Gasteiger partial charge in [-0.15, -0.1) is 0 Å². The summed E-state index contributed by atoms with van der Waals surface area (Å²) in [7, 11) is 1.99. The molecule has 0 aliphatic heterocycles. The van der Waals surface area contributed by atoms with Crippen molar-refractivity contribution in [1.29, 1.82) is 0 Å². The van der Waals surface area contributed by atoms with Gasteiger partial charge in [-0.1, -0.05) is 24.3 Å². The smallest absolute Gasteiger partial charge is 0.0665 e. The first kappa shape index (κ1) is 13.8. The molecule has 1 aromatic carbocycles. The number of benzene rings is 1. The van der Waals surface area contributed by atoms with Crippen molar-refractivity contribution in [3.8, 4) is 0 Å². The molecular weight excluding hydrogens is 234 g/mol.